The van der Waals surface area contributed by atoms with Gasteiger partial charge in [-0.25, -0.2) is 0 Å². The number of benzene rings is 2. The number of aliphatic hydroxyl groups is 1. The van der Waals surface area contributed by atoms with E-state index in [1.807, 2.05) is 24.3 Å². The Kier molecular flexibility index (Phi) is 6.43. The van der Waals surface area contributed by atoms with Crippen molar-refractivity contribution in [3.05, 3.63) is 96.3 Å². The van der Waals surface area contributed by atoms with Crippen LogP contribution in [-0.2, 0) is 19.6 Å². The van der Waals surface area contributed by atoms with Crippen molar-refractivity contribution in [3.63, 3.8) is 0 Å². The van der Waals surface area contributed by atoms with Crippen molar-refractivity contribution >= 4 is 0 Å². The number of hydrogen-bond donors (Lipinski definition) is 1. The molecule has 0 fully saturated rings. The highest BCUT2D eigenvalue weighted by Gasteiger charge is 2.18. The molecule has 3 nitrogen and oxygen atoms in total. The fourth-order valence-corrected chi connectivity index (χ4v) is 3.16. The summed E-state index contributed by atoms with van der Waals surface area (Å²) >= 11 is 0. The number of aryl methyl sites for hydroxylation is 1. The zero-order chi connectivity index (χ0) is 17.3. The normalized spacial score (nSPS) is 12.4. The van der Waals surface area contributed by atoms with Crippen LogP contribution in [0.4, 0.5) is 0 Å². The summed E-state index contributed by atoms with van der Waals surface area (Å²) < 4.78 is 2.17. The number of nitrogens with zero attached hydrogens (tertiary/aromatic N) is 2. The van der Waals surface area contributed by atoms with Crippen LogP contribution in [0.25, 0.3) is 0 Å². The van der Waals surface area contributed by atoms with E-state index < -0.39 is 0 Å². The van der Waals surface area contributed by atoms with Crippen LogP contribution >= 0.6 is 0 Å². The Labute approximate surface area is 150 Å². The van der Waals surface area contributed by atoms with Crippen molar-refractivity contribution in [2.75, 3.05) is 6.61 Å². The van der Waals surface area contributed by atoms with Crippen molar-refractivity contribution in [1.82, 2.24) is 9.47 Å². The molecule has 1 atom stereocenters. The molecule has 0 aliphatic carbocycles. The van der Waals surface area contributed by atoms with Crippen molar-refractivity contribution in [3.8, 4) is 0 Å². The lowest BCUT2D eigenvalue weighted by atomic mass is 10.1. The van der Waals surface area contributed by atoms with Crippen molar-refractivity contribution in [2.45, 2.75) is 32.1 Å². The molecule has 25 heavy (non-hydrogen) atoms. The summed E-state index contributed by atoms with van der Waals surface area (Å²) in [4.78, 5) is 2.38. The second-order valence-corrected chi connectivity index (χ2v) is 6.42. The van der Waals surface area contributed by atoms with Gasteiger partial charge in [-0.3, -0.25) is 4.90 Å². The van der Waals surface area contributed by atoms with Crippen LogP contribution < -0.4 is 0 Å². The molecule has 2 aromatic carbocycles. The lowest BCUT2D eigenvalue weighted by Gasteiger charge is -2.31. The standard InChI is InChI=1S/C22H26N2O/c25-19-22(13-16-23-14-7-8-15-23)24(17-20-9-3-1-4-10-20)18-21-11-5-2-6-12-21/h1-12,14-15,22,25H,13,16-19H2/t22-/m0/s1. The molecule has 3 heteroatoms. The summed E-state index contributed by atoms with van der Waals surface area (Å²) in [7, 11) is 0. The van der Waals surface area contributed by atoms with E-state index in [-0.39, 0.29) is 12.6 Å². The topological polar surface area (TPSA) is 28.4 Å². The van der Waals surface area contributed by atoms with Gasteiger partial charge in [0, 0.05) is 38.1 Å². The molecule has 0 spiro atoms. The van der Waals surface area contributed by atoms with Gasteiger partial charge in [-0.2, -0.15) is 0 Å². The maximum absolute atomic E-state index is 10.0. The van der Waals surface area contributed by atoms with Crippen LogP contribution in [0.5, 0.6) is 0 Å². The zero-order valence-corrected chi connectivity index (χ0v) is 14.5. The summed E-state index contributed by atoms with van der Waals surface area (Å²) in [5.74, 6) is 0. The summed E-state index contributed by atoms with van der Waals surface area (Å²) in [6.07, 6.45) is 5.07. The minimum atomic E-state index is 0.128. The number of aromatic nitrogens is 1. The van der Waals surface area contributed by atoms with Gasteiger partial charge in [0.15, 0.2) is 0 Å². The number of hydrogen-bond acceptors (Lipinski definition) is 2. The van der Waals surface area contributed by atoms with Gasteiger partial charge in [-0.1, -0.05) is 60.7 Å². The third-order valence-corrected chi connectivity index (χ3v) is 4.57. The molecule has 3 aromatic rings. The van der Waals surface area contributed by atoms with Gasteiger partial charge in [0.2, 0.25) is 0 Å². The molecule has 0 amide bonds. The maximum atomic E-state index is 10.0. The molecular formula is C22H26N2O. The Morgan fingerprint density at radius 1 is 0.760 bits per heavy atom. The Morgan fingerprint density at radius 2 is 1.28 bits per heavy atom. The van der Waals surface area contributed by atoms with Crippen LogP contribution in [0.15, 0.2) is 85.2 Å². The van der Waals surface area contributed by atoms with Gasteiger partial charge in [0.25, 0.3) is 0 Å². The first-order valence-corrected chi connectivity index (χ1v) is 8.88. The Hall–Kier alpha value is -2.36. The highest BCUT2D eigenvalue weighted by Crippen LogP contribution is 2.16. The molecule has 1 N–H and O–H groups in total. The van der Waals surface area contributed by atoms with Crippen molar-refractivity contribution in [2.24, 2.45) is 0 Å². The second kappa shape index (κ2) is 9.21. The lowest BCUT2D eigenvalue weighted by Crippen LogP contribution is -2.37. The maximum Gasteiger partial charge on any atom is 0.0587 e. The molecule has 0 radical (unpaired) electrons. The first-order chi connectivity index (χ1) is 12.3. The average Bonchev–Trinajstić information content (AvgIpc) is 3.17. The summed E-state index contributed by atoms with van der Waals surface area (Å²) in [6, 6.07) is 25.2. The number of rotatable bonds is 9. The third kappa shape index (κ3) is 5.31. The minimum absolute atomic E-state index is 0.128. The summed E-state index contributed by atoms with van der Waals surface area (Å²) in [5, 5.41) is 10.0. The van der Waals surface area contributed by atoms with Crippen LogP contribution in [0.3, 0.4) is 0 Å². The predicted octanol–water partition coefficient (Wildman–Crippen LogP) is 3.94. The van der Waals surface area contributed by atoms with E-state index in [2.05, 4.69) is 70.4 Å². The van der Waals surface area contributed by atoms with Gasteiger partial charge in [0.1, 0.15) is 0 Å². The fraction of sp³-hybridized carbons (Fsp3) is 0.273. The Balaban J connectivity index is 1.72. The SMILES string of the molecule is OC[C@H](CCn1cccc1)N(Cc1ccccc1)Cc1ccccc1. The Bertz CT molecular complexity index is 669. The van der Waals surface area contributed by atoms with Gasteiger partial charge in [-0.15, -0.1) is 0 Å². The van der Waals surface area contributed by atoms with Crippen molar-refractivity contribution < 1.29 is 5.11 Å². The minimum Gasteiger partial charge on any atom is -0.395 e. The molecular weight excluding hydrogens is 308 g/mol. The molecule has 0 unspecified atom stereocenters. The van der Waals surface area contributed by atoms with E-state index in [9.17, 15) is 5.11 Å². The molecule has 1 aromatic heterocycles. The van der Waals surface area contributed by atoms with Gasteiger partial charge >= 0.3 is 0 Å². The molecule has 1 heterocycles. The monoisotopic (exact) mass is 334 g/mol. The Morgan fingerprint density at radius 3 is 1.76 bits per heavy atom. The quantitative estimate of drug-likeness (QED) is 0.642. The molecule has 0 aliphatic rings. The highest BCUT2D eigenvalue weighted by atomic mass is 16.3. The summed E-state index contributed by atoms with van der Waals surface area (Å²) in [5.41, 5.74) is 2.55. The molecule has 0 saturated carbocycles. The van der Waals surface area contributed by atoms with Crippen LogP contribution in [0.2, 0.25) is 0 Å². The number of aliphatic hydroxyl groups excluding tert-OH is 1. The molecule has 3 rings (SSSR count). The first-order valence-electron chi connectivity index (χ1n) is 8.88. The molecule has 0 aliphatic heterocycles. The van der Waals surface area contributed by atoms with Gasteiger partial charge in [0.05, 0.1) is 6.61 Å². The van der Waals surface area contributed by atoms with Crippen LogP contribution in [-0.4, -0.2) is 27.2 Å². The van der Waals surface area contributed by atoms with E-state index in [0.29, 0.717) is 0 Å². The summed E-state index contributed by atoms with van der Waals surface area (Å²) in [6.45, 7) is 2.76. The van der Waals surface area contributed by atoms with Crippen LogP contribution in [0.1, 0.15) is 17.5 Å². The first kappa shape index (κ1) is 17.5. The van der Waals surface area contributed by atoms with E-state index in [0.717, 1.165) is 26.1 Å². The van der Waals surface area contributed by atoms with E-state index in [1.165, 1.54) is 11.1 Å². The van der Waals surface area contributed by atoms with Crippen LogP contribution in [0, 0.1) is 0 Å². The second-order valence-electron chi connectivity index (χ2n) is 6.42. The fourth-order valence-electron chi connectivity index (χ4n) is 3.16. The molecule has 130 valence electrons. The highest BCUT2D eigenvalue weighted by molar-refractivity contribution is 5.17. The van der Waals surface area contributed by atoms with Gasteiger partial charge in [-0.05, 0) is 29.7 Å². The third-order valence-electron chi connectivity index (χ3n) is 4.57. The van der Waals surface area contributed by atoms with Crippen molar-refractivity contribution in [1.29, 1.82) is 0 Å². The molecule has 0 bridgehead atoms. The average molecular weight is 334 g/mol. The van der Waals surface area contributed by atoms with E-state index in [1.54, 1.807) is 0 Å². The smallest absolute Gasteiger partial charge is 0.0587 e. The van der Waals surface area contributed by atoms with E-state index in [4.69, 9.17) is 0 Å². The predicted molar refractivity (Wildman–Crippen MR) is 102 cm³/mol. The largest absolute Gasteiger partial charge is 0.395 e. The molecule has 0 saturated heterocycles. The zero-order valence-electron chi connectivity index (χ0n) is 14.5. The lowest BCUT2D eigenvalue weighted by molar-refractivity contribution is 0.0998. The van der Waals surface area contributed by atoms with Gasteiger partial charge < -0.3 is 9.67 Å². The van der Waals surface area contributed by atoms with E-state index >= 15 is 0 Å².